The van der Waals surface area contributed by atoms with Crippen molar-refractivity contribution in [3.63, 3.8) is 0 Å². The summed E-state index contributed by atoms with van der Waals surface area (Å²) in [5, 5.41) is 1.85. The highest BCUT2D eigenvalue weighted by molar-refractivity contribution is 8.18. The predicted octanol–water partition coefficient (Wildman–Crippen LogP) is 4.74. The number of amidine groups is 1. The number of ether oxygens (including phenoxy) is 1. The Hall–Kier alpha value is -3.20. The molecule has 0 atom stereocenters. The standard InChI is InChI=1S/C30H33N5O2S/c1-2-11-33-12-14-34(15-13-33)24-6-4-23(5-7-24)25-9-10-31-27-8-3-22(20-26(25)27)21-28-29(36)32-30(38-28)35-16-18-37-19-17-35/h3-10,20-21H,2,11-19H2,1H3. The second-order valence-corrected chi connectivity index (χ2v) is 10.9. The van der Waals surface area contributed by atoms with E-state index in [1.54, 1.807) is 0 Å². The number of pyridine rings is 1. The summed E-state index contributed by atoms with van der Waals surface area (Å²) in [5.74, 6) is -0.172. The van der Waals surface area contributed by atoms with Crippen molar-refractivity contribution >= 4 is 45.5 Å². The Kier molecular flexibility index (Phi) is 7.44. The number of thioether (sulfide) groups is 1. The van der Waals surface area contributed by atoms with Crippen molar-refractivity contribution in [1.82, 2.24) is 14.8 Å². The lowest BCUT2D eigenvalue weighted by atomic mass is 9.99. The molecule has 2 aromatic carbocycles. The third kappa shape index (κ3) is 5.34. The number of rotatable bonds is 5. The molecule has 0 unspecified atom stereocenters. The fourth-order valence-corrected chi connectivity index (χ4v) is 6.31. The summed E-state index contributed by atoms with van der Waals surface area (Å²) in [5.41, 5.74) is 5.51. The Labute approximate surface area is 228 Å². The number of aromatic nitrogens is 1. The maximum atomic E-state index is 12.6. The van der Waals surface area contributed by atoms with Crippen LogP contribution in [0.4, 0.5) is 5.69 Å². The van der Waals surface area contributed by atoms with Crippen LogP contribution in [0.25, 0.3) is 28.1 Å². The van der Waals surface area contributed by atoms with Crippen LogP contribution in [0, 0.1) is 0 Å². The third-order valence-corrected chi connectivity index (χ3v) is 8.45. The average molecular weight is 528 g/mol. The fourth-order valence-electron chi connectivity index (χ4n) is 5.34. The number of amides is 1. The Morgan fingerprint density at radius 2 is 1.74 bits per heavy atom. The van der Waals surface area contributed by atoms with E-state index in [1.165, 1.54) is 36.0 Å². The minimum atomic E-state index is -0.172. The SMILES string of the molecule is CCCN1CCN(c2ccc(-c3ccnc4ccc(C=C5SC(N6CCOCC6)=NC5=O)cc34)cc2)CC1. The number of carbonyl (C=O) groups is 1. The molecule has 196 valence electrons. The molecule has 0 spiro atoms. The molecular formula is C30H33N5O2S. The Morgan fingerprint density at radius 1 is 0.947 bits per heavy atom. The molecule has 3 aliphatic rings. The van der Waals surface area contributed by atoms with Gasteiger partial charge in [-0.25, -0.2) is 0 Å². The van der Waals surface area contributed by atoms with Crippen LogP contribution in [0.3, 0.4) is 0 Å². The zero-order chi connectivity index (χ0) is 25.9. The molecule has 0 N–H and O–H groups in total. The zero-order valence-electron chi connectivity index (χ0n) is 21.8. The molecule has 1 aromatic heterocycles. The zero-order valence-corrected chi connectivity index (χ0v) is 22.6. The van der Waals surface area contributed by atoms with Crippen molar-refractivity contribution in [3.05, 3.63) is 65.2 Å². The molecule has 38 heavy (non-hydrogen) atoms. The number of hydrogen-bond acceptors (Lipinski definition) is 7. The van der Waals surface area contributed by atoms with Gasteiger partial charge in [0.15, 0.2) is 5.17 Å². The van der Waals surface area contributed by atoms with E-state index in [-0.39, 0.29) is 5.91 Å². The topological polar surface area (TPSA) is 61.3 Å². The lowest BCUT2D eigenvalue weighted by molar-refractivity contribution is -0.113. The van der Waals surface area contributed by atoms with Gasteiger partial charge in [0.25, 0.3) is 5.91 Å². The first-order chi connectivity index (χ1) is 18.7. The van der Waals surface area contributed by atoms with E-state index in [0.29, 0.717) is 18.1 Å². The molecule has 0 bridgehead atoms. The molecule has 8 heteroatoms. The normalized spacial score (nSPS) is 20.0. The summed E-state index contributed by atoms with van der Waals surface area (Å²) >= 11 is 1.45. The molecule has 0 radical (unpaired) electrons. The second-order valence-electron chi connectivity index (χ2n) is 9.92. The molecule has 3 aromatic rings. The van der Waals surface area contributed by atoms with E-state index in [0.717, 1.165) is 66.5 Å². The molecule has 1 amide bonds. The van der Waals surface area contributed by atoms with Gasteiger partial charge in [0, 0.05) is 56.5 Å². The molecule has 0 saturated carbocycles. The van der Waals surface area contributed by atoms with Gasteiger partial charge >= 0.3 is 0 Å². The summed E-state index contributed by atoms with van der Waals surface area (Å²) in [6.45, 7) is 10.7. The number of benzene rings is 2. The summed E-state index contributed by atoms with van der Waals surface area (Å²) in [6.07, 6.45) is 5.03. The number of nitrogens with zero attached hydrogens (tertiary/aromatic N) is 5. The first kappa shape index (κ1) is 25.1. The van der Waals surface area contributed by atoms with Crippen LogP contribution in [0.15, 0.2) is 64.6 Å². The molecule has 2 fully saturated rings. The van der Waals surface area contributed by atoms with Crippen LogP contribution >= 0.6 is 11.8 Å². The molecule has 4 heterocycles. The number of morpholine rings is 1. The van der Waals surface area contributed by atoms with E-state index in [2.05, 4.69) is 68.0 Å². The molecular weight excluding hydrogens is 494 g/mol. The van der Waals surface area contributed by atoms with Gasteiger partial charge in [-0.3, -0.25) is 14.7 Å². The lowest BCUT2D eigenvalue weighted by Crippen LogP contribution is -2.46. The Morgan fingerprint density at radius 3 is 2.50 bits per heavy atom. The van der Waals surface area contributed by atoms with Crippen molar-refractivity contribution in [2.45, 2.75) is 13.3 Å². The number of piperazine rings is 1. The largest absolute Gasteiger partial charge is 0.378 e. The van der Waals surface area contributed by atoms with E-state index >= 15 is 0 Å². The number of carbonyl (C=O) groups excluding carboxylic acids is 1. The quantitative estimate of drug-likeness (QED) is 0.445. The van der Waals surface area contributed by atoms with Crippen LogP contribution in [0.2, 0.25) is 0 Å². The first-order valence-corrected chi connectivity index (χ1v) is 14.3. The van der Waals surface area contributed by atoms with Crippen LogP contribution in [-0.4, -0.2) is 84.9 Å². The fraction of sp³-hybridized carbons (Fsp3) is 0.367. The number of anilines is 1. The van der Waals surface area contributed by atoms with Crippen LogP contribution in [-0.2, 0) is 9.53 Å². The Balaban J connectivity index is 1.22. The van der Waals surface area contributed by atoms with E-state index < -0.39 is 0 Å². The summed E-state index contributed by atoms with van der Waals surface area (Å²) in [6, 6.07) is 17.2. The predicted molar refractivity (Wildman–Crippen MR) is 157 cm³/mol. The van der Waals surface area contributed by atoms with Gasteiger partial charge < -0.3 is 14.5 Å². The van der Waals surface area contributed by atoms with Gasteiger partial charge in [0.1, 0.15) is 0 Å². The van der Waals surface area contributed by atoms with E-state index in [1.807, 2.05) is 24.4 Å². The monoisotopic (exact) mass is 527 g/mol. The van der Waals surface area contributed by atoms with Crippen molar-refractivity contribution in [2.24, 2.45) is 4.99 Å². The number of aliphatic imine (C=N–C) groups is 1. The molecule has 2 saturated heterocycles. The van der Waals surface area contributed by atoms with E-state index in [4.69, 9.17) is 4.74 Å². The van der Waals surface area contributed by atoms with Gasteiger partial charge in [-0.2, -0.15) is 4.99 Å². The smallest absolute Gasteiger partial charge is 0.286 e. The van der Waals surface area contributed by atoms with Crippen LogP contribution in [0.5, 0.6) is 0 Å². The number of hydrogen-bond donors (Lipinski definition) is 0. The molecule has 0 aliphatic carbocycles. The van der Waals surface area contributed by atoms with Crippen molar-refractivity contribution in [1.29, 1.82) is 0 Å². The highest BCUT2D eigenvalue weighted by Crippen LogP contribution is 2.33. The van der Waals surface area contributed by atoms with Gasteiger partial charge in [-0.15, -0.1) is 0 Å². The summed E-state index contributed by atoms with van der Waals surface area (Å²) in [7, 11) is 0. The lowest BCUT2D eigenvalue weighted by Gasteiger charge is -2.36. The van der Waals surface area contributed by atoms with Crippen LogP contribution < -0.4 is 4.90 Å². The van der Waals surface area contributed by atoms with Gasteiger partial charge in [-0.1, -0.05) is 25.1 Å². The molecule has 6 rings (SSSR count). The highest BCUT2D eigenvalue weighted by atomic mass is 32.2. The minimum absolute atomic E-state index is 0.172. The molecule has 7 nitrogen and oxygen atoms in total. The van der Waals surface area contributed by atoms with Gasteiger partial charge in [0.2, 0.25) is 0 Å². The molecule has 3 aliphatic heterocycles. The summed E-state index contributed by atoms with van der Waals surface area (Å²) in [4.78, 5) is 29.4. The second kappa shape index (κ2) is 11.3. The maximum absolute atomic E-state index is 12.6. The maximum Gasteiger partial charge on any atom is 0.286 e. The van der Waals surface area contributed by atoms with Crippen molar-refractivity contribution < 1.29 is 9.53 Å². The first-order valence-electron chi connectivity index (χ1n) is 13.5. The van der Waals surface area contributed by atoms with Gasteiger partial charge in [0.05, 0.1) is 23.6 Å². The van der Waals surface area contributed by atoms with Crippen molar-refractivity contribution in [3.8, 4) is 11.1 Å². The third-order valence-electron chi connectivity index (χ3n) is 7.41. The Bertz CT molecular complexity index is 1370. The number of fused-ring (bicyclic) bond motifs is 1. The highest BCUT2D eigenvalue weighted by Gasteiger charge is 2.27. The minimum Gasteiger partial charge on any atom is -0.378 e. The van der Waals surface area contributed by atoms with Gasteiger partial charge in [-0.05, 0) is 77.8 Å². The van der Waals surface area contributed by atoms with Crippen LogP contribution in [0.1, 0.15) is 18.9 Å². The summed E-state index contributed by atoms with van der Waals surface area (Å²) < 4.78 is 5.43. The van der Waals surface area contributed by atoms with Crippen molar-refractivity contribution in [2.75, 3.05) is 63.9 Å². The van der Waals surface area contributed by atoms with E-state index in [9.17, 15) is 4.79 Å². The average Bonchev–Trinajstić information content (AvgIpc) is 3.33.